The lowest BCUT2D eigenvalue weighted by atomic mass is 10.1. The molecule has 2 N–H and O–H groups in total. The molecule has 7 heteroatoms. The minimum absolute atomic E-state index is 0.236. The van der Waals surface area contributed by atoms with Crippen LogP contribution in [0.25, 0.3) is 0 Å². The molecular formula is C16H23BrF2N2O2. The van der Waals surface area contributed by atoms with Crippen LogP contribution in [0.3, 0.4) is 0 Å². The molecule has 1 aromatic carbocycles. The molecule has 0 saturated carbocycles. The average molecular weight is 393 g/mol. The molecule has 0 radical (unpaired) electrons. The Labute approximate surface area is 144 Å². The van der Waals surface area contributed by atoms with Gasteiger partial charge in [-0.25, -0.2) is 13.6 Å². The number of rotatable bonds is 6. The van der Waals surface area contributed by atoms with Crippen molar-refractivity contribution in [3.8, 4) is 0 Å². The Hall–Kier alpha value is -1.21. The summed E-state index contributed by atoms with van der Waals surface area (Å²) in [6.07, 6.45) is -0.850. The first-order chi connectivity index (χ1) is 10.5. The molecule has 1 amide bonds. The van der Waals surface area contributed by atoms with Gasteiger partial charge >= 0.3 is 6.09 Å². The van der Waals surface area contributed by atoms with Gasteiger partial charge in [-0.05, 0) is 45.4 Å². The number of carbonyl (C=O) groups excluding carboxylic acids is 1. The van der Waals surface area contributed by atoms with E-state index < -0.39 is 30.7 Å². The Morgan fingerprint density at radius 1 is 1.30 bits per heavy atom. The highest BCUT2D eigenvalue weighted by molar-refractivity contribution is 9.10. The van der Waals surface area contributed by atoms with E-state index >= 15 is 0 Å². The van der Waals surface area contributed by atoms with Gasteiger partial charge in [-0.3, -0.25) is 0 Å². The quantitative estimate of drug-likeness (QED) is 0.760. The molecule has 0 saturated heterocycles. The van der Waals surface area contributed by atoms with E-state index in [1.165, 1.54) is 0 Å². The van der Waals surface area contributed by atoms with Crippen molar-refractivity contribution in [3.05, 3.63) is 34.3 Å². The van der Waals surface area contributed by atoms with E-state index in [9.17, 15) is 13.6 Å². The lowest BCUT2D eigenvalue weighted by molar-refractivity contribution is -0.00525. The van der Waals surface area contributed by atoms with Crippen LogP contribution in [0.5, 0.6) is 0 Å². The van der Waals surface area contributed by atoms with Gasteiger partial charge in [0.25, 0.3) is 5.92 Å². The number of hydrogen-bond donors (Lipinski definition) is 2. The van der Waals surface area contributed by atoms with Crippen molar-refractivity contribution in [3.63, 3.8) is 0 Å². The number of alkyl carbamates (subject to hydrolysis) is 1. The molecule has 4 nitrogen and oxygen atoms in total. The summed E-state index contributed by atoms with van der Waals surface area (Å²) < 4.78 is 33.5. The maximum absolute atomic E-state index is 13.8. The summed E-state index contributed by atoms with van der Waals surface area (Å²) in [5.41, 5.74) is 0.183. The van der Waals surface area contributed by atoms with E-state index in [0.717, 1.165) is 10.0 Å². The third-order valence-corrected chi connectivity index (χ3v) is 3.40. The molecule has 0 bridgehead atoms. The zero-order chi connectivity index (χ0) is 17.7. The molecule has 1 atom stereocenters. The lowest BCUT2D eigenvalue weighted by Crippen LogP contribution is -2.45. The van der Waals surface area contributed by atoms with Gasteiger partial charge in [0.05, 0.1) is 13.1 Å². The van der Waals surface area contributed by atoms with Crippen LogP contribution >= 0.6 is 15.9 Å². The Morgan fingerprint density at radius 2 is 1.96 bits per heavy atom. The molecule has 1 rings (SSSR count). The number of nitrogens with one attached hydrogen (secondary N) is 2. The predicted octanol–water partition coefficient (Wildman–Crippen LogP) is 4.26. The number of hydrogen-bond acceptors (Lipinski definition) is 3. The number of amides is 1. The molecule has 0 aliphatic rings. The summed E-state index contributed by atoms with van der Waals surface area (Å²) in [5, 5.41) is 4.87. The Bertz CT molecular complexity index is 533. The first-order valence-electron chi connectivity index (χ1n) is 7.32. The van der Waals surface area contributed by atoms with Crippen LogP contribution in [0, 0.1) is 0 Å². The van der Waals surface area contributed by atoms with Crippen molar-refractivity contribution in [2.24, 2.45) is 0 Å². The maximum Gasteiger partial charge on any atom is 0.407 e. The fourth-order valence-electron chi connectivity index (χ4n) is 1.77. The van der Waals surface area contributed by atoms with Gasteiger partial charge in [-0.1, -0.05) is 28.1 Å². The normalized spacial score (nSPS) is 13.5. The highest BCUT2D eigenvalue weighted by Gasteiger charge is 2.30. The lowest BCUT2D eigenvalue weighted by Gasteiger charge is -2.23. The molecule has 0 spiro atoms. The SMILES string of the molecule is CC(NCC(F)(F)CNC(=O)OC(C)(C)C)c1cccc(Br)c1. The zero-order valence-electron chi connectivity index (χ0n) is 13.8. The second kappa shape index (κ2) is 8.06. The van der Waals surface area contributed by atoms with Crippen LogP contribution in [0.2, 0.25) is 0 Å². The standard InChI is InChI=1S/C16H23BrF2N2O2/c1-11(12-6-5-7-13(17)8-12)20-9-16(18,19)10-21-14(22)23-15(2,3)4/h5-8,11,20H,9-10H2,1-4H3,(H,21,22). The van der Waals surface area contributed by atoms with Crippen molar-refractivity contribution in [1.82, 2.24) is 10.6 Å². The van der Waals surface area contributed by atoms with E-state index in [-0.39, 0.29) is 6.04 Å². The Kier molecular flexibility index (Phi) is 6.95. The minimum Gasteiger partial charge on any atom is -0.444 e. The number of ether oxygens (including phenoxy) is 1. The summed E-state index contributed by atoms with van der Waals surface area (Å²) in [5.74, 6) is -3.07. The topological polar surface area (TPSA) is 50.4 Å². The summed E-state index contributed by atoms with van der Waals surface area (Å²) in [6.45, 7) is 5.50. The van der Waals surface area contributed by atoms with E-state index in [1.807, 2.05) is 24.3 Å². The average Bonchev–Trinajstić information content (AvgIpc) is 2.41. The van der Waals surface area contributed by atoms with Crippen LogP contribution in [0.4, 0.5) is 13.6 Å². The van der Waals surface area contributed by atoms with Crippen molar-refractivity contribution in [2.45, 2.75) is 45.3 Å². The van der Waals surface area contributed by atoms with E-state index in [1.54, 1.807) is 27.7 Å². The molecule has 23 heavy (non-hydrogen) atoms. The minimum atomic E-state index is -3.07. The first kappa shape index (κ1) is 19.8. The molecule has 0 heterocycles. The molecule has 0 aromatic heterocycles. The zero-order valence-corrected chi connectivity index (χ0v) is 15.3. The number of benzene rings is 1. The van der Waals surface area contributed by atoms with Crippen molar-refractivity contribution in [2.75, 3.05) is 13.1 Å². The highest BCUT2D eigenvalue weighted by Crippen LogP contribution is 2.19. The van der Waals surface area contributed by atoms with Crippen LogP contribution < -0.4 is 10.6 Å². The van der Waals surface area contributed by atoms with Gasteiger partial charge in [0.15, 0.2) is 0 Å². The second-order valence-electron chi connectivity index (χ2n) is 6.37. The molecule has 0 aliphatic heterocycles. The fraction of sp³-hybridized carbons (Fsp3) is 0.562. The number of alkyl halides is 2. The largest absolute Gasteiger partial charge is 0.444 e. The molecule has 1 aromatic rings. The molecule has 130 valence electrons. The van der Waals surface area contributed by atoms with Crippen molar-refractivity contribution < 1.29 is 18.3 Å². The van der Waals surface area contributed by atoms with Gasteiger partial charge in [-0.2, -0.15) is 0 Å². The predicted molar refractivity (Wildman–Crippen MR) is 89.7 cm³/mol. The first-order valence-corrected chi connectivity index (χ1v) is 8.11. The summed E-state index contributed by atoms with van der Waals surface area (Å²) >= 11 is 3.35. The van der Waals surface area contributed by atoms with Gasteiger partial charge in [0.2, 0.25) is 0 Å². The molecule has 0 aliphatic carbocycles. The van der Waals surface area contributed by atoms with Crippen LogP contribution in [0.15, 0.2) is 28.7 Å². The van der Waals surface area contributed by atoms with Crippen LogP contribution in [-0.4, -0.2) is 30.7 Å². The second-order valence-corrected chi connectivity index (χ2v) is 7.28. The van der Waals surface area contributed by atoms with Gasteiger partial charge in [0.1, 0.15) is 5.60 Å². The fourth-order valence-corrected chi connectivity index (χ4v) is 2.19. The van der Waals surface area contributed by atoms with Gasteiger partial charge < -0.3 is 15.4 Å². The monoisotopic (exact) mass is 392 g/mol. The molecule has 0 fully saturated rings. The molecular weight excluding hydrogens is 370 g/mol. The number of halogens is 3. The summed E-state index contributed by atoms with van der Waals surface area (Å²) in [7, 11) is 0. The van der Waals surface area contributed by atoms with Crippen LogP contribution in [0.1, 0.15) is 39.3 Å². The van der Waals surface area contributed by atoms with E-state index in [4.69, 9.17) is 4.74 Å². The van der Waals surface area contributed by atoms with Crippen molar-refractivity contribution in [1.29, 1.82) is 0 Å². The summed E-state index contributed by atoms with van der Waals surface area (Å²) in [4.78, 5) is 11.4. The van der Waals surface area contributed by atoms with E-state index in [0.29, 0.717) is 0 Å². The Morgan fingerprint density at radius 3 is 2.52 bits per heavy atom. The Balaban J connectivity index is 2.44. The number of carbonyl (C=O) groups is 1. The third-order valence-electron chi connectivity index (χ3n) is 2.91. The summed E-state index contributed by atoms with van der Waals surface area (Å²) in [6, 6.07) is 7.21. The maximum atomic E-state index is 13.8. The smallest absolute Gasteiger partial charge is 0.407 e. The van der Waals surface area contributed by atoms with Gasteiger partial charge in [-0.15, -0.1) is 0 Å². The van der Waals surface area contributed by atoms with Crippen LogP contribution in [-0.2, 0) is 4.74 Å². The third kappa shape index (κ3) is 8.27. The van der Waals surface area contributed by atoms with Gasteiger partial charge in [0, 0.05) is 10.5 Å². The van der Waals surface area contributed by atoms with E-state index in [2.05, 4.69) is 26.6 Å². The molecule has 1 unspecified atom stereocenters. The van der Waals surface area contributed by atoms with Crippen molar-refractivity contribution >= 4 is 22.0 Å². The highest BCUT2D eigenvalue weighted by atomic mass is 79.9.